The number of halogens is 1. The van der Waals surface area contributed by atoms with E-state index in [0.717, 1.165) is 16.3 Å². The zero-order valence-electron chi connectivity index (χ0n) is 13.5. The molecule has 0 bridgehead atoms. The zero-order valence-corrected chi connectivity index (χ0v) is 14.3. The summed E-state index contributed by atoms with van der Waals surface area (Å²) in [5.41, 5.74) is 3.25. The molecule has 0 N–H and O–H groups in total. The van der Waals surface area contributed by atoms with Crippen molar-refractivity contribution in [3.8, 4) is 0 Å². The maximum absolute atomic E-state index is 12.7. The molecule has 0 radical (unpaired) electrons. The van der Waals surface area contributed by atoms with Gasteiger partial charge in [-0.25, -0.2) is 0 Å². The van der Waals surface area contributed by atoms with Crippen molar-refractivity contribution in [1.82, 2.24) is 0 Å². The molecule has 1 amide bonds. The predicted molar refractivity (Wildman–Crippen MR) is 99.9 cm³/mol. The first kappa shape index (κ1) is 15.2. The van der Waals surface area contributed by atoms with Crippen molar-refractivity contribution < 1.29 is 4.79 Å². The topological polar surface area (TPSA) is 20.3 Å². The standard InChI is InChI=1S/C21H18ClNO/c1-2-23-19-12-11-14-7-3-4-8-15(14)21(19)17(13-20(23)24)16-9-5-6-10-18(16)22/h3-12,17H,2,13H2,1H3. The molecule has 0 saturated heterocycles. The van der Waals surface area contributed by atoms with Gasteiger partial charge in [0.05, 0.1) is 0 Å². The van der Waals surface area contributed by atoms with Crippen LogP contribution in [0.5, 0.6) is 0 Å². The van der Waals surface area contributed by atoms with Crippen molar-refractivity contribution in [3.05, 3.63) is 76.8 Å². The minimum Gasteiger partial charge on any atom is -0.312 e. The first-order valence-corrected chi connectivity index (χ1v) is 8.65. The van der Waals surface area contributed by atoms with Crippen molar-refractivity contribution >= 4 is 34.0 Å². The Morgan fingerprint density at radius 1 is 1.04 bits per heavy atom. The van der Waals surface area contributed by atoms with E-state index in [1.807, 2.05) is 42.2 Å². The second-order valence-corrected chi connectivity index (χ2v) is 6.54. The quantitative estimate of drug-likeness (QED) is 0.615. The van der Waals surface area contributed by atoms with Gasteiger partial charge in [-0.05, 0) is 41.0 Å². The van der Waals surface area contributed by atoms with E-state index >= 15 is 0 Å². The number of hydrogen-bond acceptors (Lipinski definition) is 1. The Balaban J connectivity index is 2.03. The maximum atomic E-state index is 12.7. The number of carbonyl (C=O) groups is 1. The minimum atomic E-state index is -0.00454. The lowest BCUT2D eigenvalue weighted by Crippen LogP contribution is -2.36. The highest BCUT2D eigenvalue weighted by Crippen LogP contribution is 2.45. The second-order valence-electron chi connectivity index (χ2n) is 6.14. The average molecular weight is 336 g/mol. The molecule has 24 heavy (non-hydrogen) atoms. The molecule has 1 aliphatic heterocycles. The molecule has 1 atom stereocenters. The molecule has 1 heterocycles. The molecule has 1 aliphatic rings. The summed E-state index contributed by atoms with van der Waals surface area (Å²) in [4.78, 5) is 14.6. The van der Waals surface area contributed by atoms with Crippen LogP contribution in [0.15, 0.2) is 60.7 Å². The van der Waals surface area contributed by atoms with Gasteiger partial charge >= 0.3 is 0 Å². The predicted octanol–water partition coefficient (Wildman–Crippen LogP) is 5.38. The zero-order chi connectivity index (χ0) is 16.7. The summed E-state index contributed by atoms with van der Waals surface area (Å²) in [6.45, 7) is 2.70. The smallest absolute Gasteiger partial charge is 0.227 e. The molecule has 3 aromatic carbocycles. The lowest BCUT2D eigenvalue weighted by molar-refractivity contribution is -0.119. The van der Waals surface area contributed by atoms with E-state index in [-0.39, 0.29) is 11.8 Å². The van der Waals surface area contributed by atoms with Gasteiger partial charge in [0.1, 0.15) is 0 Å². The number of fused-ring (bicyclic) bond motifs is 3. The molecule has 0 fully saturated rings. The number of carbonyl (C=O) groups excluding carboxylic acids is 1. The van der Waals surface area contributed by atoms with Gasteiger partial charge in [-0.1, -0.05) is 60.1 Å². The van der Waals surface area contributed by atoms with Crippen LogP contribution in [0.2, 0.25) is 5.02 Å². The van der Waals surface area contributed by atoms with E-state index < -0.39 is 0 Å². The number of benzene rings is 3. The number of amides is 1. The Kier molecular flexibility index (Phi) is 3.78. The fourth-order valence-electron chi connectivity index (χ4n) is 3.78. The van der Waals surface area contributed by atoms with Crippen molar-refractivity contribution in [1.29, 1.82) is 0 Å². The molecular formula is C21H18ClNO. The van der Waals surface area contributed by atoms with Crippen LogP contribution < -0.4 is 4.90 Å². The monoisotopic (exact) mass is 335 g/mol. The van der Waals surface area contributed by atoms with E-state index in [9.17, 15) is 4.79 Å². The van der Waals surface area contributed by atoms with Crippen molar-refractivity contribution in [2.24, 2.45) is 0 Å². The fraction of sp³-hybridized carbons (Fsp3) is 0.190. The molecule has 0 aliphatic carbocycles. The van der Waals surface area contributed by atoms with E-state index in [0.29, 0.717) is 13.0 Å². The number of hydrogen-bond donors (Lipinski definition) is 0. The van der Waals surface area contributed by atoms with Gasteiger partial charge < -0.3 is 4.90 Å². The molecule has 1 unspecified atom stereocenters. The molecule has 0 spiro atoms. The van der Waals surface area contributed by atoms with Crippen LogP contribution >= 0.6 is 11.6 Å². The van der Waals surface area contributed by atoms with Gasteiger partial charge in [0.25, 0.3) is 0 Å². The van der Waals surface area contributed by atoms with E-state index in [1.54, 1.807) is 0 Å². The van der Waals surface area contributed by atoms with Crippen LogP contribution in [0.1, 0.15) is 30.4 Å². The fourth-order valence-corrected chi connectivity index (χ4v) is 4.04. The van der Waals surface area contributed by atoms with Gasteiger partial charge in [-0.15, -0.1) is 0 Å². The third kappa shape index (κ3) is 2.30. The van der Waals surface area contributed by atoms with Gasteiger partial charge in [0.15, 0.2) is 0 Å². The Bertz CT molecular complexity index is 934. The average Bonchev–Trinajstić information content (AvgIpc) is 2.61. The minimum absolute atomic E-state index is 0.00454. The summed E-state index contributed by atoms with van der Waals surface area (Å²) >= 11 is 6.47. The first-order chi connectivity index (χ1) is 11.7. The largest absolute Gasteiger partial charge is 0.312 e. The van der Waals surface area contributed by atoms with Crippen molar-refractivity contribution in [3.63, 3.8) is 0 Å². The molecule has 0 aromatic heterocycles. The van der Waals surface area contributed by atoms with Gasteiger partial charge in [-0.3, -0.25) is 4.79 Å². The van der Waals surface area contributed by atoms with Crippen LogP contribution in [0.3, 0.4) is 0 Å². The molecule has 2 nitrogen and oxygen atoms in total. The Hall–Kier alpha value is -2.32. The van der Waals surface area contributed by atoms with E-state index in [1.165, 1.54) is 16.3 Å². The van der Waals surface area contributed by atoms with Crippen LogP contribution in [-0.2, 0) is 4.79 Å². The van der Waals surface area contributed by atoms with Crippen LogP contribution in [-0.4, -0.2) is 12.5 Å². The highest BCUT2D eigenvalue weighted by atomic mass is 35.5. The van der Waals surface area contributed by atoms with Crippen LogP contribution in [0.4, 0.5) is 5.69 Å². The van der Waals surface area contributed by atoms with E-state index in [2.05, 4.69) is 30.3 Å². The molecule has 4 rings (SSSR count). The van der Waals surface area contributed by atoms with Crippen molar-refractivity contribution in [2.45, 2.75) is 19.3 Å². The summed E-state index contributed by atoms with van der Waals surface area (Å²) in [6.07, 6.45) is 0.457. The van der Waals surface area contributed by atoms with Crippen molar-refractivity contribution in [2.75, 3.05) is 11.4 Å². The Morgan fingerprint density at radius 2 is 1.79 bits per heavy atom. The highest BCUT2D eigenvalue weighted by Gasteiger charge is 2.33. The lowest BCUT2D eigenvalue weighted by atomic mass is 9.81. The number of nitrogens with zero attached hydrogens (tertiary/aromatic N) is 1. The summed E-state index contributed by atoms with van der Waals surface area (Å²) in [7, 11) is 0. The van der Waals surface area contributed by atoms with Crippen LogP contribution in [0.25, 0.3) is 10.8 Å². The number of rotatable bonds is 2. The lowest BCUT2D eigenvalue weighted by Gasteiger charge is -2.35. The molecule has 0 saturated carbocycles. The molecule has 120 valence electrons. The summed E-state index contributed by atoms with van der Waals surface area (Å²) in [6, 6.07) is 20.4. The Labute approximate surface area is 146 Å². The number of anilines is 1. The maximum Gasteiger partial charge on any atom is 0.227 e. The third-order valence-electron chi connectivity index (χ3n) is 4.86. The first-order valence-electron chi connectivity index (χ1n) is 8.27. The summed E-state index contributed by atoms with van der Waals surface area (Å²) in [5.74, 6) is 0.153. The summed E-state index contributed by atoms with van der Waals surface area (Å²) in [5, 5.41) is 3.11. The van der Waals surface area contributed by atoms with Gasteiger partial charge in [-0.2, -0.15) is 0 Å². The third-order valence-corrected chi connectivity index (χ3v) is 5.21. The van der Waals surface area contributed by atoms with Crippen LogP contribution in [0, 0.1) is 0 Å². The molecule has 3 aromatic rings. The van der Waals surface area contributed by atoms with Gasteiger partial charge in [0, 0.05) is 29.6 Å². The summed E-state index contributed by atoms with van der Waals surface area (Å²) < 4.78 is 0. The SMILES string of the molecule is CCN1C(=O)CC(c2ccccc2Cl)c2c1ccc1ccccc21. The Morgan fingerprint density at radius 3 is 2.58 bits per heavy atom. The molecular weight excluding hydrogens is 318 g/mol. The highest BCUT2D eigenvalue weighted by molar-refractivity contribution is 6.31. The van der Waals surface area contributed by atoms with Gasteiger partial charge in [0.2, 0.25) is 5.91 Å². The molecule has 3 heteroatoms. The normalized spacial score (nSPS) is 17.2. The second kappa shape index (κ2) is 5.95. The van der Waals surface area contributed by atoms with E-state index in [4.69, 9.17) is 11.6 Å².